The van der Waals surface area contributed by atoms with Crippen LogP contribution in [0.4, 0.5) is 4.39 Å². The molecule has 7 heteroatoms. The zero-order valence-electron chi connectivity index (χ0n) is 12.1. The normalized spacial score (nSPS) is 11.0. The number of nitrogens with one attached hydrogen (secondary N) is 1. The minimum atomic E-state index is -0.505. The second-order valence-electron chi connectivity index (χ2n) is 4.56. The number of rotatable bonds is 5. The van der Waals surface area contributed by atoms with Crippen LogP contribution in [0.25, 0.3) is 0 Å². The van der Waals surface area contributed by atoms with Gasteiger partial charge in [-0.05, 0) is 42.2 Å². The molecule has 0 aliphatic rings. The largest absolute Gasteiger partial charge is 0.273 e. The molecule has 23 heavy (non-hydrogen) atoms. The highest BCUT2D eigenvalue weighted by atomic mass is 35.5. The molecule has 0 bridgehead atoms. The molecule has 3 nitrogen and oxygen atoms in total. The summed E-state index contributed by atoms with van der Waals surface area (Å²) in [4.78, 5) is 12.9. The third-order valence-electron chi connectivity index (χ3n) is 2.98. The van der Waals surface area contributed by atoms with E-state index in [9.17, 15) is 9.18 Å². The number of halogens is 3. The van der Waals surface area contributed by atoms with Gasteiger partial charge in [-0.2, -0.15) is 5.10 Å². The third-order valence-corrected chi connectivity index (χ3v) is 4.38. The van der Waals surface area contributed by atoms with Gasteiger partial charge in [0.15, 0.2) is 0 Å². The summed E-state index contributed by atoms with van der Waals surface area (Å²) in [5.74, 6) is -0.832. The molecule has 0 radical (unpaired) electrons. The molecule has 1 amide bonds. The Morgan fingerprint density at radius 3 is 2.83 bits per heavy atom. The summed E-state index contributed by atoms with van der Waals surface area (Å²) in [5.41, 5.74) is 3.29. The maximum atomic E-state index is 13.6. The van der Waals surface area contributed by atoms with Crippen molar-refractivity contribution >= 4 is 47.1 Å². The molecule has 0 aliphatic heterocycles. The molecule has 2 aromatic rings. The van der Waals surface area contributed by atoms with Gasteiger partial charge in [0.2, 0.25) is 5.91 Å². The Bertz CT molecular complexity index is 733. The van der Waals surface area contributed by atoms with Crippen LogP contribution < -0.4 is 5.43 Å². The molecule has 0 aliphatic carbocycles. The lowest BCUT2D eigenvalue weighted by Crippen LogP contribution is -2.20. The average Bonchev–Trinajstić information content (AvgIpc) is 2.50. The van der Waals surface area contributed by atoms with E-state index in [2.05, 4.69) is 10.5 Å². The predicted molar refractivity (Wildman–Crippen MR) is 94.1 cm³/mol. The van der Waals surface area contributed by atoms with Gasteiger partial charge in [-0.1, -0.05) is 29.3 Å². The monoisotopic (exact) mass is 370 g/mol. The lowest BCUT2D eigenvalue weighted by atomic mass is 10.1. The lowest BCUT2D eigenvalue weighted by Gasteiger charge is -2.07. The van der Waals surface area contributed by atoms with E-state index in [0.717, 1.165) is 10.5 Å². The fraction of sp³-hybridized carbons (Fsp3) is 0.125. The van der Waals surface area contributed by atoms with E-state index in [1.165, 1.54) is 30.1 Å². The number of carbonyl (C=O) groups is 1. The molecule has 2 aromatic carbocycles. The number of hydrazone groups is 1. The average molecular weight is 371 g/mol. The van der Waals surface area contributed by atoms with E-state index >= 15 is 0 Å². The van der Waals surface area contributed by atoms with Crippen molar-refractivity contribution in [3.05, 3.63) is 63.4 Å². The van der Waals surface area contributed by atoms with Crippen LogP contribution in [0.3, 0.4) is 0 Å². The SMILES string of the molecule is CSc1ccc(Cl)cc1CC(=O)N/N=C\c1c(F)cccc1Cl. The molecule has 0 aromatic heterocycles. The highest BCUT2D eigenvalue weighted by Crippen LogP contribution is 2.24. The summed E-state index contributed by atoms with van der Waals surface area (Å²) in [6.07, 6.45) is 3.23. The van der Waals surface area contributed by atoms with E-state index in [1.54, 1.807) is 18.2 Å². The van der Waals surface area contributed by atoms with E-state index in [-0.39, 0.29) is 22.9 Å². The fourth-order valence-electron chi connectivity index (χ4n) is 1.90. The summed E-state index contributed by atoms with van der Waals surface area (Å²) in [5, 5.41) is 4.54. The van der Waals surface area contributed by atoms with Crippen molar-refractivity contribution in [1.82, 2.24) is 5.43 Å². The molecule has 0 fully saturated rings. The fourth-order valence-corrected chi connectivity index (χ4v) is 2.90. The van der Waals surface area contributed by atoms with Crippen molar-refractivity contribution in [3.8, 4) is 0 Å². The number of benzene rings is 2. The standard InChI is InChI=1S/C16H13Cl2FN2OS/c1-23-15-6-5-11(17)7-10(15)8-16(22)21-20-9-12-13(18)3-2-4-14(12)19/h2-7,9H,8H2,1H3,(H,21,22)/b20-9-. The Morgan fingerprint density at radius 2 is 2.13 bits per heavy atom. The highest BCUT2D eigenvalue weighted by Gasteiger charge is 2.08. The first-order valence-corrected chi connectivity index (χ1v) is 8.57. The second-order valence-corrected chi connectivity index (χ2v) is 6.25. The van der Waals surface area contributed by atoms with Crippen LogP contribution in [0.5, 0.6) is 0 Å². The maximum absolute atomic E-state index is 13.6. The molecule has 1 N–H and O–H groups in total. The second kappa shape index (κ2) is 8.34. The molecule has 2 rings (SSSR count). The Labute approximate surface area is 147 Å². The Hall–Kier alpha value is -1.56. The third kappa shape index (κ3) is 4.96. The molecule has 0 saturated heterocycles. The number of amides is 1. The summed E-state index contributed by atoms with van der Waals surface area (Å²) < 4.78 is 13.6. The highest BCUT2D eigenvalue weighted by molar-refractivity contribution is 7.98. The number of nitrogens with zero attached hydrogens (tertiary/aromatic N) is 1. The van der Waals surface area contributed by atoms with E-state index in [1.807, 2.05) is 12.3 Å². The minimum Gasteiger partial charge on any atom is -0.273 e. The van der Waals surface area contributed by atoms with Gasteiger partial charge in [0.25, 0.3) is 0 Å². The zero-order valence-corrected chi connectivity index (χ0v) is 14.5. The molecule has 120 valence electrons. The zero-order chi connectivity index (χ0) is 16.8. The van der Waals surface area contributed by atoms with Crippen molar-refractivity contribution in [2.45, 2.75) is 11.3 Å². The van der Waals surface area contributed by atoms with E-state index < -0.39 is 5.82 Å². The van der Waals surface area contributed by atoms with Crippen LogP contribution in [0, 0.1) is 5.82 Å². The minimum absolute atomic E-state index is 0.124. The first-order valence-electron chi connectivity index (χ1n) is 6.59. The smallest absolute Gasteiger partial charge is 0.244 e. The quantitative estimate of drug-likeness (QED) is 0.476. The van der Waals surface area contributed by atoms with Gasteiger partial charge >= 0.3 is 0 Å². The van der Waals surface area contributed by atoms with Crippen LogP contribution >= 0.6 is 35.0 Å². The van der Waals surface area contributed by atoms with Crippen LogP contribution in [0.15, 0.2) is 46.4 Å². The van der Waals surface area contributed by atoms with Gasteiger partial charge in [-0.15, -0.1) is 11.8 Å². The Kier molecular flexibility index (Phi) is 6.45. The van der Waals surface area contributed by atoms with Crippen molar-refractivity contribution in [1.29, 1.82) is 0 Å². The number of hydrogen-bond donors (Lipinski definition) is 1. The first-order chi connectivity index (χ1) is 11.0. The van der Waals surface area contributed by atoms with Gasteiger partial charge in [-0.3, -0.25) is 4.79 Å². The number of carbonyl (C=O) groups excluding carboxylic acids is 1. The summed E-state index contributed by atoms with van der Waals surface area (Å²) in [6, 6.07) is 9.68. The summed E-state index contributed by atoms with van der Waals surface area (Å²) in [6.45, 7) is 0. The van der Waals surface area contributed by atoms with E-state index in [0.29, 0.717) is 5.02 Å². The van der Waals surface area contributed by atoms with Crippen molar-refractivity contribution in [2.24, 2.45) is 5.10 Å². The summed E-state index contributed by atoms with van der Waals surface area (Å²) in [7, 11) is 0. The number of hydrogen-bond acceptors (Lipinski definition) is 3. The maximum Gasteiger partial charge on any atom is 0.244 e. The van der Waals surface area contributed by atoms with Crippen LogP contribution in [0.2, 0.25) is 10.0 Å². The molecular weight excluding hydrogens is 358 g/mol. The van der Waals surface area contributed by atoms with Crippen molar-refractivity contribution in [3.63, 3.8) is 0 Å². The number of thioether (sulfide) groups is 1. The van der Waals surface area contributed by atoms with Crippen LogP contribution in [-0.2, 0) is 11.2 Å². The van der Waals surface area contributed by atoms with Gasteiger partial charge in [0.05, 0.1) is 17.7 Å². The van der Waals surface area contributed by atoms with Gasteiger partial charge < -0.3 is 0 Å². The predicted octanol–water partition coefficient (Wildman–Crippen LogP) is 4.55. The van der Waals surface area contributed by atoms with E-state index in [4.69, 9.17) is 23.2 Å². The Balaban J connectivity index is 2.03. The molecule has 0 atom stereocenters. The Morgan fingerprint density at radius 1 is 1.35 bits per heavy atom. The lowest BCUT2D eigenvalue weighted by molar-refractivity contribution is -0.120. The van der Waals surface area contributed by atoms with Crippen molar-refractivity contribution in [2.75, 3.05) is 6.26 Å². The molecular formula is C16H13Cl2FN2OS. The molecule has 0 heterocycles. The molecule has 0 saturated carbocycles. The van der Waals surface area contributed by atoms with Gasteiger partial charge in [-0.25, -0.2) is 9.82 Å². The van der Waals surface area contributed by atoms with Gasteiger partial charge in [0, 0.05) is 15.5 Å². The topological polar surface area (TPSA) is 41.5 Å². The van der Waals surface area contributed by atoms with Gasteiger partial charge in [0.1, 0.15) is 5.82 Å². The van der Waals surface area contributed by atoms with Crippen LogP contribution in [-0.4, -0.2) is 18.4 Å². The molecule has 0 unspecified atom stereocenters. The molecule has 0 spiro atoms. The van der Waals surface area contributed by atoms with Crippen LogP contribution in [0.1, 0.15) is 11.1 Å². The first kappa shape index (κ1) is 17.8. The van der Waals surface area contributed by atoms with Crippen molar-refractivity contribution < 1.29 is 9.18 Å². The summed E-state index contributed by atoms with van der Waals surface area (Å²) >= 11 is 13.3.